The number of likely N-dealkylation sites (N-methyl/N-ethyl adjacent to an activating group) is 1. The van der Waals surface area contributed by atoms with E-state index in [0.29, 0.717) is 6.54 Å². The van der Waals surface area contributed by atoms with Gasteiger partial charge in [0.1, 0.15) is 0 Å². The summed E-state index contributed by atoms with van der Waals surface area (Å²) in [6.45, 7) is 6.88. The van der Waals surface area contributed by atoms with Gasteiger partial charge in [-0.05, 0) is 31.2 Å². The summed E-state index contributed by atoms with van der Waals surface area (Å²) < 4.78 is 0. The highest BCUT2D eigenvalue weighted by atomic mass is 35.5. The molecule has 0 radical (unpaired) electrons. The number of benzene rings is 1. The van der Waals surface area contributed by atoms with E-state index in [4.69, 9.17) is 11.6 Å². The lowest BCUT2D eigenvalue weighted by atomic mass is 10.1. The molecular weight excluding hydrogens is 248 g/mol. The van der Waals surface area contributed by atoms with Gasteiger partial charge in [0.2, 0.25) is 0 Å². The van der Waals surface area contributed by atoms with Gasteiger partial charge in [-0.3, -0.25) is 4.90 Å². The van der Waals surface area contributed by atoms with Crippen LogP contribution in [0, 0.1) is 6.92 Å². The molecule has 2 rings (SSSR count). The monoisotopic (exact) mass is 268 g/mol. The van der Waals surface area contributed by atoms with Gasteiger partial charge in [0.25, 0.3) is 0 Å². The molecule has 1 aromatic rings. The molecule has 1 N–H and O–H groups in total. The molecule has 0 spiro atoms. The number of piperazine rings is 1. The van der Waals surface area contributed by atoms with Crippen molar-refractivity contribution in [3.05, 3.63) is 34.3 Å². The zero-order valence-corrected chi connectivity index (χ0v) is 11.8. The highest BCUT2D eigenvalue weighted by Crippen LogP contribution is 2.21. The second-order valence-corrected chi connectivity index (χ2v) is 5.54. The average molecular weight is 269 g/mol. The van der Waals surface area contributed by atoms with Crippen molar-refractivity contribution in [3.63, 3.8) is 0 Å². The Kier molecular flexibility index (Phi) is 4.62. The number of aliphatic hydroxyl groups is 1. The number of β-amino-alcohol motifs (C(OH)–C–C–N with tert-alkyl or cyclic N) is 1. The smallest absolute Gasteiger partial charge is 0.0917 e. The molecule has 1 unspecified atom stereocenters. The lowest BCUT2D eigenvalue weighted by molar-refractivity contribution is 0.0805. The van der Waals surface area contributed by atoms with E-state index < -0.39 is 6.10 Å². The van der Waals surface area contributed by atoms with Crippen LogP contribution in [0.5, 0.6) is 0 Å². The maximum Gasteiger partial charge on any atom is 0.0917 e. The van der Waals surface area contributed by atoms with E-state index in [9.17, 15) is 5.11 Å². The molecule has 18 heavy (non-hydrogen) atoms. The number of aryl methyl sites for hydroxylation is 1. The Bertz CT molecular complexity index is 403. The average Bonchev–Trinajstić information content (AvgIpc) is 2.35. The Balaban J connectivity index is 1.94. The molecule has 3 nitrogen and oxygen atoms in total. The summed E-state index contributed by atoms with van der Waals surface area (Å²) >= 11 is 6.00. The Labute approximate surface area is 114 Å². The molecule has 0 aliphatic carbocycles. The first-order chi connectivity index (χ1) is 8.56. The maximum atomic E-state index is 10.3. The molecule has 100 valence electrons. The SMILES string of the molecule is Cc1cc(C(O)CN2CCN(C)CC2)ccc1Cl. The molecule has 0 amide bonds. The summed E-state index contributed by atoms with van der Waals surface area (Å²) in [5.74, 6) is 0. The first-order valence-corrected chi connectivity index (χ1v) is 6.79. The molecule has 0 bridgehead atoms. The number of halogens is 1. The minimum absolute atomic E-state index is 0.427. The van der Waals surface area contributed by atoms with E-state index in [1.165, 1.54) is 0 Å². The Hall–Kier alpha value is -0.610. The molecule has 0 saturated carbocycles. The summed E-state index contributed by atoms with van der Waals surface area (Å²) in [7, 11) is 2.14. The molecule has 1 heterocycles. The van der Waals surface area contributed by atoms with Gasteiger partial charge in [-0.25, -0.2) is 0 Å². The van der Waals surface area contributed by atoms with Crippen LogP contribution in [-0.2, 0) is 0 Å². The number of aliphatic hydroxyl groups excluding tert-OH is 1. The Morgan fingerprint density at radius 1 is 1.28 bits per heavy atom. The van der Waals surface area contributed by atoms with Gasteiger partial charge in [0.05, 0.1) is 6.10 Å². The van der Waals surface area contributed by atoms with Gasteiger partial charge < -0.3 is 10.0 Å². The lowest BCUT2D eigenvalue weighted by Crippen LogP contribution is -2.45. The van der Waals surface area contributed by atoms with Gasteiger partial charge in [0.15, 0.2) is 0 Å². The fourth-order valence-electron chi connectivity index (χ4n) is 2.26. The normalized spacial score (nSPS) is 20.0. The standard InChI is InChI=1S/C14H21ClN2O/c1-11-9-12(3-4-13(11)15)14(18)10-17-7-5-16(2)6-8-17/h3-4,9,14,18H,5-8,10H2,1-2H3. The summed E-state index contributed by atoms with van der Waals surface area (Å²) in [6.07, 6.45) is -0.427. The number of rotatable bonds is 3. The van der Waals surface area contributed by atoms with Crippen LogP contribution in [0.2, 0.25) is 5.02 Å². The fraction of sp³-hybridized carbons (Fsp3) is 0.571. The van der Waals surface area contributed by atoms with Crippen LogP contribution in [-0.4, -0.2) is 54.7 Å². The van der Waals surface area contributed by atoms with Crippen LogP contribution < -0.4 is 0 Å². The molecule has 4 heteroatoms. The van der Waals surface area contributed by atoms with E-state index in [-0.39, 0.29) is 0 Å². The third-order valence-corrected chi connectivity index (χ3v) is 4.02. The fourth-order valence-corrected chi connectivity index (χ4v) is 2.37. The van der Waals surface area contributed by atoms with Crippen LogP contribution in [0.15, 0.2) is 18.2 Å². The van der Waals surface area contributed by atoms with Crippen molar-refractivity contribution in [1.82, 2.24) is 9.80 Å². The van der Waals surface area contributed by atoms with Crippen LogP contribution in [0.3, 0.4) is 0 Å². The van der Waals surface area contributed by atoms with Crippen molar-refractivity contribution < 1.29 is 5.11 Å². The van der Waals surface area contributed by atoms with Crippen molar-refractivity contribution in [3.8, 4) is 0 Å². The van der Waals surface area contributed by atoms with Crippen molar-refractivity contribution in [2.75, 3.05) is 39.8 Å². The second-order valence-electron chi connectivity index (χ2n) is 5.13. The molecule has 1 fully saturated rings. The van der Waals surface area contributed by atoms with Crippen molar-refractivity contribution >= 4 is 11.6 Å². The van der Waals surface area contributed by atoms with E-state index in [0.717, 1.165) is 42.3 Å². The van der Waals surface area contributed by atoms with Gasteiger partial charge in [-0.1, -0.05) is 23.7 Å². The van der Waals surface area contributed by atoms with Crippen LogP contribution in [0.25, 0.3) is 0 Å². The first kappa shape index (κ1) is 13.8. The van der Waals surface area contributed by atoms with Crippen molar-refractivity contribution in [2.45, 2.75) is 13.0 Å². The number of hydrogen-bond donors (Lipinski definition) is 1. The maximum absolute atomic E-state index is 10.3. The molecule has 1 aliphatic rings. The zero-order valence-electron chi connectivity index (χ0n) is 11.1. The molecule has 1 aliphatic heterocycles. The predicted octanol–water partition coefficient (Wildman–Crippen LogP) is 1.93. The van der Waals surface area contributed by atoms with E-state index in [1.807, 2.05) is 25.1 Å². The highest BCUT2D eigenvalue weighted by Gasteiger charge is 2.18. The third-order valence-electron chi connectivity index (χ3n) is 3.59. The minimum Gasteiger partial charge on any atom is -0.387 e. The van der Waals surface area contributed by atoms with Crippen LogP contribution in [0.4, 0.5) is 0 Å². The van der Waals surface area contributed by atoms with Crippen LogP contribution in [0.1, 0.15) is 17.2 Å². The first-order valence-electron chi connectivity index (χ1n) is 6.41. The molecule has 0 aromatic heterocycles. The van der Waals surface area contributed by atoms with Crippen molar-refractivity contribution in [1.29, 1.82) is 0 Å². The summed E-state index contributed by atoms with van der Waals surface area (Å²) in [4.78, 5) is 4.63. The van der Waals surface area contributed by atoms with Crippen LogP contribution >= 0.6 is 11.6 Å². The topological polar surface area (TPSA) is 26.7 Å². The van der Waals surface area contributed by atoms with E-state index >= 15 is 0 Å². The minimum atomic E-state index is -0.427. The molecule has 1 aromatic carbocycles. The van der Waals surface area contributed by atoms with E-state index in [2.05, 4.69) is 16.8 Å². The predicted molar refractivity (Wildman–Crippen MR) is 75.1 cm³/mol. The summed E-state index contributed by atoms with van der Waals surface area (Å²) in [5, 5.41) is 11.0. The molecule has 1 saturated heterocycles. The largest absolute Gasteiger partial charge is 0.387 e. The highest BCUT2D eigenvalue weighted by molar-refractivity contribution is 6.31. The van der Waals surface area contributed by atoms with Gasteiger partial charge in [-0.15, -0.1) is 0 Å². The number of hydrogen-bond acceptors (Lipinski definition) is 3. The summed E-state index contributed by atoms with van der Waals surface area (Å²) in [6, 6.07) is 5.75. The molecule has 1 atom stereocenters. The van der Waals surface area contributed by atoms with Gasteiger partial charge in [0, 0.05) is 37.7 Å². The quantitative estimate of drug-likeness (QED) is 0.908. The lowest BCUT2D eigenvalue weighted by Gasteiger charge is -2.33. The second kappa shape index (κ2) is 6.02. The Morgan fingerprint density at radius 3 is 2.56 bits per heavy atom. The summed E-state index contributed by atoms with van der Waals surface area (Å²) in [5.41, 5.74) is 1.97. The van der Waals surface area contributed by atoms with Crippen molar-refractivity contribution in [2.24, 2.45) is 0 Å². The molecular formula is C14H21ClN2O. The zero-order chi connectivity index (χ0) is 13.1. The third kappa shape index (κ3) is 3.45. The van der Waals surface area contributed by atoms with Gasteiger partial charge >= 0.3 is 0 Å². The number of nitrogens with zero attached hydrogens (tertiary/aromatic N) is 2. The Morgan fingerprint density at radius 2 is 1.94 bits per heavy atom. The van der Waals surface area contributed by atoms with Gasteiger partial charge in [-0.2, -0.15) is 0 Å². The van der Waals surface area contributed by atoms with E-state index in [1.54, 1.807) is 0 Å².